The molecule has 0 amide bonds. The molecule has 0 bridgehead atoms. The first-order valence-corrected chi connectivity index (χ1v) is 8.27. The van der Waals surface area contributed by atoms with Gasteiger partial charge in [0.2, 0.25) is 0 Å². The van der Waals surface area contributed by atoms with Crippen molar-refractivity contribution in [1.82, 2.24) is 14.8 Å². The highest BCUT2D eigenvalue weighted by atomic mass is 35.5. The minimum Gasteiger partial charge on any atom is -0.267 e. The van der Waals surface area contributed by atoms with Crippen LogP contribution < -0.4 is 0 Å². The quantitative estimate of drug-likeness (QED) is 0.481. The molecular formula is C17H13ClFN3S. The highest BCUT2D eigenvalue weighted by Gasteiger charge is 2.19. The average molecular weight is 346 g/mol. The average Bonchev–Trinajstić information content (AvgIpc) is 2.97. The van der Waals surface area contributed by atoms with Crippen LogP contribution in [0.1, 0.15) is 0 Å². The highest BCUT2D eigenvalue weighted by Crippen LogP contribution is 2.32. The van der Waals surface area contributed by atoms with E-state index in [9.17, 15) is 4.39 Å². The first-order chi connectivity index (χ1) is 11.2. The van der Waals surface area contributed by atoms with Crippen molar-refractivity contribution in [3.05, 3.63) is 72.0 Å². The van der Waals surface area contributed by atoms with E-state index in [-0.39, 0.29) is 5.82 Å². The van der Waals surface area contributed by atoms with Crippen LogP contribution in [0.15, 0.2) is 66.3 Å². The lowest BCUT2D eigenvalue weighted by atomic mass is 10.2. The second-order valence-corrected chi connectivity index (χ2v) is 6.07. The molecule has 6 heteroatoms. The van der Waals surface area contributed by atoms with Gasteiger partial charge in [-0.15, -0.1) is 16.8 Å². The molecule has 0 aliphatic rings. The van der Waals surface area contributed by atoms with E-state index in [1.165, 1.54) is 17.8 Å². The van der Waals surface area contributed by atoms with Gasteiger partial charge in [-0.25, -0.2) is 4.39 Å². The molecule has 0 atom stereocenters. The fourth-order valence-electron chi connectivity index (χ4n) is 2.16. The van der Waals surface area contributed by atoms with Gasteiger partial charge in [0.25, 0.3) is 0 Å². The van der Waals surface area contributed by atoms with E-state index >= 15 is 0 Å². The molecule has 3 rings (SSSR count). The summed E-state index contributed by atoms with van der Waals surface area (Å²) in [6.07, 6.45) is 1.76. The van der Waals surface area contributed by atoms with Crippen molar-refractivity contribution in [3.63, 3.8) is 0 Å². The molecule has 0 saturated carbocycles. The first-order valence-electron chi connectivity index (χ1n) is 6.91. The van der Waals surface area contributed by atoms with Crippen LogP contribution in [-0.4, -0.2) is 20.5 Å². The van der Waals surface area contributed by atoms with E-state index < -0.39 is 0 Å². The van der Waals surface area contributed by atoms with Gasteiger partial charge in [-0.3, -0.25) is 4.57 Å². The number of aromatic nitrogens is 3. The number of halogens is 2. The lowest BCUT2D eigenvalue weighted by Crippen LogP contribution is -2.02. The summed E-state index contributed by atoms with van der Waals surface area (Å²) in [5, 5.41) is 9.54. The van der Waals surface area contributed by atoms with Crippen LogP contribution in [0.2, 0.25) is 5.02 Å². The Hall–Kier alpha value is -2.11. The van der Waals surface area contributed by atoms with E-state index in [0.717, 1.165) is 0 Å². The van der Waals surface area contributed by atoms with E-state index in [2.05, 4.69) is 16.8 Å². The number of hydrogen-bond donors (Lipinski definition) is 0. The molecule has 3 nitrogen and oxygen atoms in total. The van der Waals surface area contributed by atoms with E-state index in [1.54, 1.807) is 34.9 Å². The number of nitrogens with zero attached hydrogens (tertiary/aromatic N) is 3. The second kappa shape index (κ2) is 6.98. The van der Waals surface area contributed by atoms with Crippen LogP contribution in [-0.2, 0) is 0 Å². The normalized spacial score (nSPS) is 10.7. The zero-order chi connectivity index (χ0) is 16.2. The first kappa shape index (κ1) is 15.8. The summed E-state index contributed by atoms with van der Waals surface area (Å²) in [6, 6.07) is 13.8. The van der Waals surface area contributed by atoms with Crippen molar-refractivity contribution in [2.24, 2.45) is 0 Å². The van der Waals surface area contributed by atoms with Gasteiger partial charge in [-0.2, -0.15) is 0 Å². The van der Waals surface area contributed by atoms with Crippen molar-refractivity contribution < 1.29 is 4.39 Å². The Balaban J connectivity index is 2.22. The van der Waals surface area contributed by atoms with E-state index in [0.29, 0.717) is 33.0 Å². The molecule has 0 fully saturated rings. The number of rotatable bonds is 5. The molecule has 0 N–H and O–H groups in total. The SMILES string of the molecule is C=CCSc1nnc(-c2ccccc2Cl)n1-c1ccccc1F. The third kappa shape index (κ3) is 3.16. The van der Waals surface area contributed by atoms with Crippen molar-refractivity contribution >= 4 is 23.4 Å². The number of benzene rings is 2. The molecule has 0 aliphatic heterocycles. The monoisotopic (exact) mass is 345 g/mol. The molecule has 116 valence electrons. The Morgan fingerprint density at radius 1 is 1.13 bits per heavy atom. The molecule has 3 aromatic rings. The lowest BCUT2D eigenvalue weighted by molar-refractivity contribution is 0.613. The van der Waals surface area contributed by atoms with Gasteiger partial charge in [-0.05, 0) is 24.3 Å². The van der Waals surface area contributed by atoms with Gasteiger partial charge in [-0.1, -0.05) is 53.7 Å². The fraction of sp³-hybridized carbons (Fsp3) is 0.0588. The predicted molar refractivity (Wildman–Crippen MR) is 92.7 cm³/mol. The molecule has 0 aliphatic carbocycles. The fourth-order valence-corrected chi connectivity index (χ4v) is 3.06. The molecule has 2 aromatic carbocycles. The number of hydrogen-bond acceptors (Lipinski definition) is 3. The van der Waals surface area contributed by atoms with Gasteiger partial charge >= 0.3 is 0 Å². The highest BCUT2D eigenvalue weighted by molar-refractivity contribution is 7.99. The maximum atomic E-state index is 14.3. The molecule has 0 saturated heterocycles. The molecule has 0 radical (unpaired) electrons. The van der Waals surface area contributed by atoms with Gasteiger partial charge in [0.05, 0.1) is 10.7 Å². The van der Waals surface area contributed by atoms with Crippen LogP contribution in [0, 0.1) is 5.82 Å². The van der Waals surface area contributed by atoms with Crippen LogP contribution in [0.4, 0.5) is 4.39 Å². The summed E-state index contributed by atoms with van der Waals surface area (Å²) in [6.45, 7) is 3.70. The molecule has 0 unspecified atom stereocenters. The Kier molecular flexibility index (Phi) is 4.79. The number of para-hydroxylation sites is 1. The van der Waals surface area contributed by atoms with Gasteiger partial charge in [0, 0.05) is 11.3 Å². The van der Waals surface area contributed by atoms with Gasteiger partial charge in [0.15, 0.2) is 11.0 Å². The summed E-state index contributed by atoms with van der Waals surface area (Å²) in [7, 11) is 0. The number of thioether (sulfide) groups is 1. The van der Waals surface area contributed by atoms with Crippen molar-refractivity contribution in [2.45, 2.75) is 5.16 Å². The Bertz CT molecular complexity index is 847. The summed E-state index contributed by atoms with van der Waals surface area (Å²) < 4.78 is 16.0. The van der Waals surface area contributed by atoms with Gasteiger partial charge < -0.3 is 0 Å². The maximum absolute atomic E-state index is 14.3. The summed E-state index contributed by atoms with van der Waals surface area (Å²) in [4.78, 5) is 0. The van der Waals surface area contributed by atoms with Crippen molar-refractivity contribution in [1.29, 1.82) is 0 Å². The van der Waals surface area contributed by atoms with Crippen molar-refractivity contribution in [3.8, 4) is 17.1 Å². The van der Waals surface area contributed by atoms with Crippen LogP contribution >= 0.6 is 23.4 Å². The van der Waals surface area contributed by atoms with Crippen LogP contribution in [0.3, 0.4) is 0 Å². The van der Waals surface area contributed by atoms with Crippen molar-refractivity contribution in [2.75, 3.05) is 5.75 Å². The third-order valence-electron chi connectivity index (χ3n) is 3.17. The summed E-state index contributed by atoms with van der Waals surface area (Å²) >= 11 is 7.71. The standard InChI is InChI=1S/C17H13ClFN3S/c1-2-11-23-17-21-20-16(12-7-3-4-8-13(12)18)22(17)15-10-6-5-9-14(15)19/h2-10H,1,11H2. The minimum atomic E-state index is -0.346. The van der Waals surface area contributed by atoms with E-state index in [1.807, 2.05) is 18.2 Å². The Morgan fingerprint density at radius 2 is 1.87 bits per heavy atom. The Labute approximate surface area is 142 Å². The second-order valence-electron chi connectivity index (χ2n) is 4.67. The zero-order valence-corrected chi connectivity index (χ0v) is 13.7. The van der Waals surface area contributed by atoms with Crippen LogP contribution in [0.5, 0.6) is 0 Å². The largest absolute Gasteiger partial charge is 0.267 e. The smallest absolute Gasteiger partial charge is 0.196 e. The topological polar surface area (TPSA) is 30.7 Å². The maximum Gasteiger partial charge on any atom is 0.196 e. The predicted octanol–water partition coefficient (Wildman–Crippen LogP) is 5.00. The molecule has 1 aromatic heterocycles. The lowest BCUT2D eigenvalue weighted by Gasteiger charge is -2.11. The van der Waals surface area contributed by atoms with E-state index in [4.69, 9.17) is 11.6 Å². The van der Waals surface area contributed by atoms with Gasteiger partial charge in [0.1, 0.15) is 5.82 Å². The van der Waals surface area contributed by atoms with Crippen LogP contribution in [0.25, 0.3) is 17.1 Å². The Morgan fingerprint density at radius 3 is 2.61 bits per heavy atom. The molecular weight excluding hydrogens is 333 g/mol. The molecule has 23 heavy (non-hydrogen) atoms. The zero-order valence-electron chi connectivity index (χ0n) is 12.1. The minimum absolute atomic E-state index is 0.346. The summed E-state index contributed by atoms with van der Waals surface area (Å²) in [5.41, 5.74) is 1.09. The summed E-state index contributed by atoms with van der Waals surface area (Å²) in [5.74, 6) is 0.808. The molecule has 0 spiro atoms. The molecule has 1 heterocycles. The third-order valence-corrected chi connectivity index (χ3v) is 4.43.